The van der Waals surface area contributed by atoms with Gasteiger partial charge in [-0.15, -0.1) is 0 Å². The molecule has 1 aliphatic heterocycles. The van der Waals surface area contributed by atoms with Gasteiger partial charge in [0.25, 0.3) is 0 Å². The fraction of sp³-hybridized carbons (Fsp3) is 0.348. The Labute approximate surface area is 154 Å². The molecule has 26 heavy (non-hydrogen) atoms. The minimum Gasteiger partial charge on any atom is -0.361 e. The molecule has 1 saturated heterocycles. The summed E-state index contributed by atoms with van der Waals surface area (Å²) in [5.74, 6) is 0.967. The van der Waals surface area contributed by atoms with E-state index in [1.807, 2.05) is 0 Å². The Bertz CT molecular complexity index is 950. The first kappa shape index (κ1) is 15.7. The Morgan fingerprint density at radius 2 is 1.69 bits per heavy atom. The number of carbonyl (C=O) groups is 1. The van der Waals surface area contributed by atoms with Gasteiger partial charge in [0.15, 0.2) is 0 Å². The average Bonchev–Trinajstić information content (AvgIpc) is 3.32. The van der Waals surface area contributed by atoms with Crippen molar-refractivity contribution in [2.24, 2.45) is 0 Å². The molecule has 0 saturated carbocycles. The average molecular weight is 344 g/mol. The van der Waals surface area contributed by atoms with Crippen LogP contribution < -0.4 is 0 Å². The number of hydrogen-bond acceptors (Lipinski definition) is 1. The monoisotopic (exact) mass is 344 g/mol. The standard InChI is InChI=1S/C23H24N2O/c26-23(20-10-9-16-5-1-2-6-18(16)20)25-13-11-17(12-14-25)21-15-24-22-8-4-3-7-19(21)22/h1-8,15,17,20,24H,9-14H2. The van der Waals surface area contributed by atoms with E-state index in [2.05, 4.69) is 64.6 Å². The number of aromatic amines is 1. The van der Waals surface area contributed by atoms with Gasteiger partial charge in [-0.25, -0.2) is 0 Å². The van der Waals surface area contributed by atoms with Crippen LogP contribution in [-0.2, 0) is 11.2 Å². The van der Waals surface area contributed by atoms with E-state index >= 15 is 0 Å². The molecule has 3 aromatic rings. The van der Waals surface area contributed by atoms with Crippen LogP contribution in [0, 0.1) is 0 Å². The first-order valence-electron chi connectivity index (χ1n) is 9.74. The number of benzene rings is 2. The molecule has 0 bridgehead atoms. The number of rotatable bonds is 2. The van der Waals surface area contributed by atoms with E-state index < -0.39 is 0 Å². The molecule has 2 aromatic carbocycles. The van der Waals surface area contributed by atoms with Gasteiger partial charge in [0, 0.05) is 30.2 Å². The van der Waals surface area contributed by atoms with Crippen molar-refractivity contribution >= 4 is 16.8 Å². The van der Waals surface area contributed by atoms with Crippen molar-refractivity contribution in [3.8, 4) is 0 Å². The highest BCUT2D eigenvalue weighted by Crippen LogP contribution is 2.37. The summed E-state index contributed by atoms with van der Waals surface area (Å²) >= 11 is 0. The fourth-order valence-electron chi connectivity index (χ4n) is 4.88. The summed E-state index contributed by atoms with van der Waals surface area (Å²) in [5, 5.41) is 1.34. The molecule has 2 heterocycles. The van der Waals surface area contributed by atoms with Crippen molar-refractivity contribution in [1.29, 1.82) is 0 Å². The number of nitrogens with one attached hydrogen (secondary N) is 1. The van der Waals surface area contributed by atoms with Crippen molar-refractivity contribution in [3.63, 3.8) is 0 Å². The van der Waals surface area contributed by atoms with Crippen LogP contribution in [0.4, 0.5) is 0 Å². The van der Waals surface area contributed by atoms with Gasteiger partial charge in [-0.3, -0.25) is 4.79 Å². The number of hydrogen-bond donors (Lipinski definition) is 1. The van der Waals surface area contributed by atoms with E-state index in [1.165, 1.54) is 27.6 Å². The van der Waals surface area contributed by atoms with Crippen LogP contribution in [0.5, 0.6) is 0 Å². The van der Waals surface area contributed by atoms with Crippen molar-refractivity contribution < 1.29 is 4.79 Å². The van der Waals surface area contributed by atoms with Crippen molar-refractivity contribution in [3.05, 3.63) is 71.4 Å². The van der Waals surface area contributed by atoms with Gasteiger partial charge in [0.05, 0.1) is 5.92 Å². The second kappa shape index (κ2) is 6.31. The first-order valence-corrected chi connectivity index (χ1v) is 9.74. The molecule has 3 nitrogen and oxygen atoms in total. The van der Waals surface area contributed by atoms with Crippen LogP contribution in [0.15, 0.2) is 54.7 Å². The maximum atomic E-state index is 13.1. The first-order chi connectivity index (χ1) is 12.8. The molecule has 1 N–H and O–H groups in total. The molecule has 1 fully saturated rings. The predicted octanol–water partition coefficient (Wildman–Crippen LogP) is 4.60. The van der Waals surface area contributed by atoms with Crippen LogP contribution in [0.3, 0.4) is 0 Å². The smallest absolute Gasteiger partial charge is 0.230 e. The summed E-state index contributed by atoms with van der Waals surface area (Å²) in [6, 6.07) is 17.0. The SMILES string of the molecule is O=C(C1CCc2ccccc21)N1CCC(c2c[nH]c3ccccc23)CC1. The number of fused-ring (bicyclic) bond motifs is 2. The third kappa shape index (κ3) is 2.54. The summed E-state index contributed by atoms with van der Waals surface area (Å²) in [7, 11) is 0. The van der Waals surface area contributed by atoms with Gasteiger partial charge in [0.2, 0.25) is 5.91 Å². The van der Waals surface area contributed by atoms with Crippen LogP contribution >= 0.6 is 0 Å². The number of carbonyl (C=O) groups excluding carboxylic acids is 1. The normalized spacial score (nSPS) is 20.5. The highest BCUT2D eigenvalue weighted by molar-refractivity contribution is 5.86. The van der Waals surface area contributed by atoms with Gasteiger partial charge in [-0.1, -0.05) is 42.5 Å². The molecule has 2 aliphatic rings. The van der Waals surface area contributed by atoms with E-state index in [-0.39, 0.29) is 5.92 Å². The molecule has 5 rings (SSSR count). The Hall–Kier alpha value is -2.55. The quantitative estimate of drug-likeness (QED) is 0.724. The number of aromatic nitrogens is 1. The third-order valence-electron chi connectivity index (χ3n) is 6.30. The molecule has 0 spiro atoms. The zero-order valence-electron chi connectivity index (χ0n) is 14.9. The molecular formula is C23H24N2O. The molecule has 1 aliphatic carbocycles. The van der Waals surface area contributed by atoms with E-state index in [4.69, 9.17) is 0 Å². The lowest BCUT2D eigenvalue weighted by Gasteiger charge is -2.33. The second-order valence-corrected chi connectivity index (χ2v) is 7.68. The Morgan fingerprint density at radius 1 is 0.923 bits per heavy atom. The van der Waals surface area contributed by atoms with Gasteiger partial charge in [-0.05, 0) is 54.4 Å². The summed E-state index contributed by atoms with van der Waals surface area (Å²) < 4.78 is 0. The summed E-state index contributed by atoms with van der Waals surface area (Å²) in [4.78, 5) is 18.6. The Balaban J connectivity index is 1.30. The lowest BCUT2D eigenvalue weighted by atomic mass is 9.88. The van der Waals surface area contributed by atoms with Gasteiger partial charge in [-0.2, -0.15) is 0 Å². The summed E-state index contributed by atoms with van der Waals surface area (Å²) in [6.07, 6.45) is 6.29. The maximum absolute atomic E-state index is 13.1. The Morgan fingerprint density at radius 3 is 2.58 bits per heavy atom. The molecule has 1 unspecified atom stereocenters. The number of H-pyrrole nitrogens is 1. The number of para-hydroxylation sites is 1. The minimum atomic E-state index is 0.0795. The van der Waals surface area contributed by atoms with E-state index in [0.29, 0.717) is 11.8 Å². The number of amides is 1. The number of likely N-dealkylation sites (tertiary alicyclic amines) is 1. The summed E-state index contributed by atoms with van der Waals surface area (Å²) in [6.45, 7) is 1.75. The maximum Gasteiger partial charge on any atom is 0.230 e. The lowest BCUT2D eigenvalue weighted by Crippen LogP contribution is -2.40. The molecule has 132 valence electrons. The zero-order chi connectivity index (χ0) is 17.5. The lowest BCUT2D eigenvalue weighted by molar-refractivity contribution is -0.133. The topological polar surface area (TPSA) is 36.1 Å². The second-order valence-electron chi connectivity index (χ2n) is 7.68. The van der Waals surface area contributed by atoms with E-state index in [0.717, 1.165) is 38.8 Å². The van der Waals surface area contributed by atoms with Crippen molar-refractivity contribution in [2.45, 2.75) is 37.5 Å². The Kier molecular flexibility index (Phi) is 3.81. The molecular weight excluding hydrogens is 320 g/mol. The van der Waals surface area contributed by atoms with Crippen LogP contribution in [-0.4, -0.2) is 28.9 Å². The molecule has 1 aromatic heterocycles. The number of nitrogens with zero attached hydrogens (tertiary/aromatic N) is 1. The fourth-order valence-corrected chi connectivity index (χ4v) is 4.88. The predicted molar refractivity (Wildman–Crippen MR) is 104 cm³/mol. The minimum absolute atomic E-state index is 0.0795. The van der Waals surface area contributed by atoms with Gasteiger partial charge >= 0.3 is 0 Å². The molecule has 1 amide bonds. The van der Waals surface area contributed by atoms with Crippen LogP contribution in [0.1, 0.15) is 47.8 Å². The van der Waals surface area contributed by atoms with E-state index in [9.17, 15) is 4.79 Å². The number of piperidine rings is 1. The van der Waals surface area contributed by atoms with Crippen molar-refractivity contribution in [1.82, 2.24) is 9.88 Å². The van der Waals surface area contributed by atoms with Gasteiger partial charge < -0.3 is 9.88 Å². The third-order valence-corrected chi connectivity index (χ3v) is 6.30. The highest BCUT2D eigenvalue weighted by Gasteiger charge is 2.33. The molecule has 3 heteroatoms. The largest absolute Gasteiger partial charge is 0.361 e. The molecule has 0 radical (unpaired) electrons. The number of aryl methyl sites for hydroxylation is 1. The zero-order valence-corrected chi connectivity index (χ0v) is 14.9. The van der Waals surface area contributed by atoms with Crippen LogP contribution in [0.2, 0.25) is 0 Å². The van der Waals surface area contributed by atoms with Crippen LogP contribution in [0.25, 0.3) is 10.9 Å². The van der Waals surface area contributed by atoms with Crippen molar-refractivity contribution in [2.75, 3.05) is 13.1 Å². The molecule has 1 atom stereocenters. The van der Waals surface area contributed by atoms with Gasteiger partial charge in [0.1, 0.15) is 0 Å². The highest BCUT2D eigenvalue weighted by atomic mass is 16.2. The summed E-state index contributed by atoms with van der Waals surface area (Å²) in [5.41, 5.74) is 5.25. The van der Waals surface area contributed by atoms with E-state index in [1.54, 1.807) is 0 Å².